The van der Waals surface area contributed by atoms with Crippen molar-refractivity contribution in [3.05, 3.63) is 0 Å². The maximum Gasteiger partial charge on any atom is 0.184 e. The number of hydrogen-bond acceptors (Lipinski definition) is 5. The Kier molecular flexibility index (Phi) is 11.9. The number of aliphatic hydroxyl groups is 1. The molecule has 1 unspecified atom stereocenters. The van der Waals surface area contributed by atoms with Gasteiger partial charge in [-0.25, -0.2) is 0 Å². The topological polar surface area (TPSA) is 57.2 Å². The second-order valence-electron chi connectivity index (χ2n) is 6.26. The van der Waals surface area contributed by atoms with Crippen LogP contribution >= 0.6 is 0 Å². The fourth-order valence-corrected chi connectivity index (χ4v) is 2.57. The average Bonchev–Trinajstić information content (AvgIpc) is 2.54. The molecule has 1 fully saturated rings. The molecule has 0 aliphatic carbocycles. The molecule has 1 heterocycles. The van der Waals surface area contributed by atoms with Crippen LogP contribution in [0.3, 0.4) is 0 Å². The zero-order valence-corrected chi connectivity index (χ0v) is 15.2. The first kappa shape index (κ1) is 20.8. The van der Waals surface area contributed by atoms with Gasteiger partial charge in [0.05, 0.1) is 18.8 Å². The minimum Gasteiger partial charge on any atom is -0.379 e. The first-order valence-corrected chi connectivity index (χ1v) is 9.37. The third kappa shape index (κ3) is 8.45. The van der Waals surface area contributed by atoms with Gasteiger partial charge in [0.1, 0.15) is 6.10 Å². The minimum absolute atomic E-state index is 0.123. The number of ether oxygens (including phenoxy) is 4. The molecule has 0 amide bonds. The van der Waals surface area contributed by atoms with Crippen LogP contribution in [0.5, 0.6) is 0 Å². The SMILES string of the molecule is CCCCOC[C@@H]1C[C@H](OCCCC)[C@@H](OCCCC)C(O)O1. The lowest BCUT2D eigenvalue weighted by molar-refractivity contribution is -0.273. The van der Waals surface area contributed by atoms with Crippen molar-refractivity contribution in [2.75, 3.05) is 26.4 Å². The quantitative estimate of drug-likeness (QED) is 0.525. The third-order valence-corrected chi connectivity index (χ3v) is 4.06. The van der Waals surface area contributed by atoms with Gasteiger partial charge in [-0.15, -0.1) is 0 Å². The van der Waals surface area contributed by atoms with E-state index in [2.05, 4.69) is 20.8 Å². The van der Waals surface area contributed by atoms with Gasteiger partial charge in [0.15, 0.2) is 6.29 Å². The van der Waals surface area contributed by atoms with Crippen LogP contribution in [-0.4, -0.2) is 56.1 Å². The zero-order chi connectivity index (χ0) is 16.9. The molecular weight excluding hydrogens is 296 g/mol. The first-order chi connectivity index (χ1) is 11.2. The Morgan fingerprint density at radius 1 is 0.913 bits per heavy atom. The highest BCUT2D eigenvalue weighted by molar-refractivity contribution is 4.83. The summed E-state index contributed by atoms with van der Waals surface area (Å²) in [7, 11) is 0. The number of unbranched alkanes of at least 4 members (excludes halogenated alkanes) is 3. The van der Waals surface area contributed by atoms with Gasteiger partial charge >= 0.3 is 0 Å². The summed E-state index contributed by atoms with van der Waals surface area (Å²) in [5.74, 6) is 0. The average molecular weight is 332 g/mol. The number of hydrogen-bond donors (Lipinski definition) is 1. The molecular formula is C18H36O5. The zero-order valence-electron chi connectivity index (χ0n) is 15.2. The molecule has 1 saturated heterocycles. The van der Waals surface area contributed by atoms with Crippen molar-refractivity contribution in [2.45, 2.75) is 90.3 Å². The van der Waals surface area contributed by atoms with E-state index in [9.17, 15) is 5.11 Å². The van der Waals surface area contributed by atoms with Gasteiger partial charge in [0.2, 0.25) is 0 Å². The Morgan fingerprint density at radius 3 is 2.17 bits per heavy atom. The fourth-order valence-electron chi connectivity index (χ4n) is 2.57. The fraction of sp³-hybridized carbons (Fsp3) is 1.00. The molecule has 138 valence electrons. The summed E-state index contributed by atoms with van der Waals surface area (Å²) >= 11 is 0. The maximum atomic E-state index is 10.3. The molecule has 1 N–H and O–H groups in total. The summed E-state index contributed by atoms with van der Waals surface area (Å²) < 4.78 is 23.1. The summed E-state index contributed by atoms with van der Waals surface area (Å²) in [5, 5.41) is 10.3. The van der Waals surface area contributed by atoms with Gasteiger partial charge in [-0.05, 0) is 19.3 Å². The van der Waals surface area contributed by atoms with Crippen LogP contribution in [-0.2, 0) is 18.9 Å². The van der Waals surface area contributed by atoms with Gasteiger partial charge in [0.25, 0.3) is 0 Å². The van der Waals surface area contributed by atoms with Gasteiger partial charge in [0, 0.05) is 26.2 Å². The van der Waals surface area contributed by atoms with E-state index in [4.69, 9.17) is 18.9 Å². The van der Waals surface area contributed by atoms with Crippen LogP contribution in [0.15, 0.2) is 0 Å². The molecule has 1 rings (SSSR count). The molecule has 0 saturated carbocycles. The Balaban J connectivity index is 2.46. The molecule has 0 bridgehead atoms. The predicted octanol–water partition coefficient (Wildman–Crippen LogP) is 3.28. The van der Waals surface area contributed by atoms with Crippen LogP contribution in [0.25, 0.3) is 0 Å². The largest absolute Gasteiger partial charge is 0.379 e. The van der Waals surface area contributed by atoms with Gasteiger partial charge in [-0.1, -0.05) is 40.0 Å². The van der Waals surface area contributed by atoms with Gasteiger partial charge in [-0.3, -0.25) is 0 Å². The molecule has 1 aliphatic heterocycles. The summed E-state index contributed by atoms with van der Waals surface area (Å²) in [4.78, 5) is 0. The Hall–Kier alpha value is -0.200. The number of rotatable bonds is 13. The highest BCUT2D eigenvalue weighted by Crippen LogP contribution is 2.25. The second-order valence-corrected chi connectivity index (χ2v) is 6.26. The monoisotopic (exact) mass is 332 g/mol. The summed E-state index contributed by atoms with van der Waals surface area (Å²) in [6.07, 6.45) is 5.46. The molecule has 1 aliphatic rings. The van der Waals surface area contributed by atoms with Crippen molar-refractivity contribution in [3.8, 4) is 0 Å². The van der Waals surface area contributed by atoms with E-state index < -0.39 is 12.4 Å². The van der Waals surface area contributed by atoms with Crippen LogP contribution in [0.1, 0.15) is 65.7 Å². The standard InChI is InChI=1S/C18H36O5/c1-4-7-10-20-14-15-13-16(21-11-8-5-2)17(18(19)23-15)22-12-9-6-3/h15-19H,4-14H2,1-3H3/t15-,16-,17+,18?/m0/s1. The van der Waals surface area contributed by atoms with Crippen molar-refractivity contribution < 1.29 is 24.1 Å². The summed E-state index contributed by atoms with van der Waals surface area (Å²) in [6, 6.07) is 0. The predicted molar refractivity (Wildman–Crippen MR) is 90.5 cm³/mol. The molecule has 0 aromatic rings. The Labute approximate surface area is 141 Å². The molecule has 5 heteroatoms. The van der Waals surface area contributed by atoms with E-state index in [1.165, 1.54) is 0 Å². The van der Waals surface area contributed by atoms with E-state index in [0.29, 0.717) is 26.2 Å². The van der Waals surface area contributed by atoms with E-state index in [1.807, 2.05) is 0 Å². The van der Waals surface area contributed by atoms with Crippen molar-refractivity contribution in [1.82, 2.24) is 0 Å². The molecule has 0 radical (unpaired) electrons. The van der Waals surface area contributed by atoms with Gasteiger partial charge < -0.3 is 24.1 Å². The molecule has 23 heavy (non-hydrogen) atoms. The highest BCUT2D eigenvalue weighted by atomic mass is 16.7. The van der Waals surface area contributed by atoms with Crippen molar-refractivity contribution in [3.63, 3.8) is 0 Å². The molecule has 0 aromatic heterocycles. The molecule has 0 aromatic carbocycles. The van der Waals surface area contributed by atoms with E-state index in [1.54, 1.807) is 0 Å². The Bertz CT molecular complexity index is 274. The third-order valence-electron chi connectivity index (χ3n) is 4.06. The number of aliphatic hydroxyl groups excluding tert-OH is 1. The highest BCUT2D eigenvalue weighted by Gasteiger charge is 2.39. The molecule has 0 spiro atoms. The normalized spacial score (nSPS) is 28.2. The molecule has 4 atom stereocenters. The van der Waals surface area contributed by atoms with Gasteiger partial charge in [-0.2, -0.15) is 0 Å². The minimum atomic E-state index is -0.938. The van der Waals surface area contributed by atoms with E-state index in [0.717, 1.165) is 45.1 Å². The van der Waals surface area contributed by atoms with E-state index >= 15 is 0 Å². The Morgan fingerprint density at radius 2 is 1.52 bits per heavy atom. The van der Waals surface area contributed by atoms with E-state index in [-0.39, 0.29) is 12.2 Å². The first-order valence-electron chi connectivity index (χ1n) is 9.37. The lowest BCUT2D eigenvalue weighted by Crippen LogP contribution is -2.52. The maximum absolute atomic E-state index is 10.3. The summed E-state index contributed by atoms with van der Waals surface area (Å²) in [6.45, 7) is 8.98. The van der Waals surface area contributed by atoms with Crippen LogP contribution < -0.4 is 0 Å². The van der Waals surface area contributed by atoms with Crippen molar-refractivity contribution >= 4 is 0 Å². The smallest absolute Gasteiger partial charge is 0.184 e. The lowest BCUT2D eigenvalue weighted by atomic mass is 10.0. The molecule has 5 nitrogen and oxygen atoms in total. The van der Waals surface area contributed by atoms with Crippen LogP contribution in [0.4, 0.5) is 0 Å². The van der Waals surface area contributed by atoms with Crippen LogP contribution in [0.2, 0.25) is 0 Å². The van der Waals surface area contributed by atoms with Crippen LogP contribution in [0, 0.1) is 0 Å². The van der Waals surface area contributed by atoms with Crippen molar-refractivity contribution in [2.24, 2.45) is 0 Å². The second kappa shape index (κ2) is 13.1. The van der Waals surface area contributed by atoms with Crippen molar-refractivity contribution in [1.29, 1.82) is 0 Å². The lowest BCUT2D eigenvalue weighted by Gasteiger charge is -2.39. The summed E-state index contributed by atoms with van der Waals surface area (Å²) in [5.41, 5.74) is 0.